The molecule has 0 aromatic carbocycles. The van der Waals surface area contributed by atoms with Crippen molar-refractivity contribution in [2.24, 2.45) is 5.92 Å². The van der Waals surface area contributed by atoms with Gasteiger partial charge in [-0.15, -0.1) is 24.8 Å². The number of likely N-dealkylation sites (tertiary alicyclic amines) is 1. The molecule has 3 rings (SSSR count). The summed E-state index contributed by atoms with van der Waals surface area (Å²) in [5, 5.41) is 12.4. The number of halogens is 3. The summed E-state index contributed by atoms with van der Waals surface area (Å²) < 4.78 is 0. The molecule has 1 amide bonds. The molecule has 1 aliphatic carbocycles. The van der Waals surface area contributed by atoms with E-state index in [0.717, 1.165) is 25.4 Å². The maximum Gasteiger partial charge on any atom is 0.267 e. The van der Waals surface area contributed by atoms with Crippen LogP contribution in [0, 0.1) is 5.92 Å². The predicted octanol–water partition coefficient (Wildman–Crippen LogP) is 3.38. The SMILES string of the molecule is Cl.Cl.O=C(/C=C/c1cnc(N[C@@H]2CCN(CC3CCC3)C2)c(Cl)c1)NO. The third kappa shape index (κ3) is 6.28. The first-order valence-electron chi connectivity index (χ1n) is 8.40. The molecule has 6 nitrogen and oxygen atoms in total. The van der Waals surface area contributed by atoms with Crippen LogP contribution in [0.1, 0.15) is 31.2 Å². The standard InChI is InChI=1S/C17H23ClN4O2.2ClH/c18-15-8-13(4-5-16(23)21-24)9-19-17(15)20-14-6-7-22(11-14)10-12-2-1-3-12;;/h4-5,8-9,12,14,24H,1-3,6-7,10-11H2,(H,19,20)(H,21,23);2*1H/b5-4+;;/t14-;;/m1../s1. The number of carbonyl (C=O) groups excluding carboxylic acids is 1. The molecular formula is C17H25Cl3N4O2. The minimum Gasteiger partial charge on any atom is -0.365 e. The number of rotatable bonds is 6. The molecule has 0 unspecified atom stereocenters. The highest BCUT2D eigenvalue weighted by Crippen LogP contribution is 2.29. The Kier molecular flexibility index (Phi) is 9.68. The number of carbonyl (C=O) groups is 1. The van der Waals surface area contributed by atoms with E-state index in [4.69, 9.17) is 16.8 Å². The van der Waals surface area contributed by atoms with Crippen LogP contribution in [0.3, 0.4) is 0 Å². The first-order chi connectivity index (χ1) is 11.6. The maximum absolute atomic E-state index is 11.0. The Bertz CT molecular complexity index is 626. The summed E-state index contributed by atoms with van der Waals surface area (Å²) in [5.74, 6) is 0.981. The summed E-state index contributed by atoms with van der Waals surface area (Å²) in [6.07, 6.45) is 9.66. The molecule has 0 bridgehead atoms. The van der Waals surface area contributed by atoms with E-state index in [-0.39, 0.29) is 24.8 Å². The highest BCUT2D eigenvalue weighted by molar-refractivity contribution is 6.33. The van der Waals surface area contributed by atoms with Crippen LogP contribution in [-0.4, -0.2) is 46.7 Å². The Morgan fingerprint density at radius 1 is 1.38 bits per heavy atom. The smallest absolute Gasteiger partial charge is 0.267 e. The second kappa shape index (κ2) is 10.9. The zero-order valence-corrected chi connectivity index (χ0v) is 16.7. The van der Waals surface area contributed by atoms with E-state index in [2.05, 4.69) is 15.2 Å². The van der Waals surface area contributed by atoms with Crippen LogP contribution >= 0.6 is 36.4 Å². The number of aromatic nitrogens is 1. The molecule has 146 valence electrons. The first kappa shape index (κ1) is 23.0. The van der Waals surface area contributed by atoms with E-state index >= 15 is 0 Å². The monoisotopic (exact) mass is 422 g/mol. The molecule has 1 aliphatic heterocycles. The molecule has 2 heterocycles. The number of hydrogen-bond donors (Lipinski definition) is 3. The first-order valence-corrected chi connectivity index (χ1v) is 8.78. The minimum absolute atomic E-state index is 0. The van der Waals surface area contributed by atoms with Crippen LogP contribution in [0.5, 0.6) is 0 Å². The van der Waals surface area contributed by atoms with Gasteiger partial charge in [-0.05, 0) is 42.9 Å². The molecule has 3 N–H and O–H groups in total. The van der Waals surface area contributed by atoms with Gasteiger partial charge >= 0.3 is 0 Å². The molecule has 1 aromatic rings. The molecule has 1 saturated heterocycles. The lowest BCUT2D eigenvalue weighted by Crippen LogP contribution is -2.33. The summed E-state index contributed by atoms with van der Waals surface area (Å²) in [5.41, 5.74) is 2.24. The normalized spacial score (nSPS) is 20.2. The average molecular weight is 424 g/mol. The fourth-order valence-electron chi connectivity index (χ4n) is 3.21. The van der Waals surface area contributed by atoms with Gasteiger partial charge in [0.2, 0.25) is 0 Å². The zero-order valence-electron chi connectivity index (χ0n) is 14.4. The Morgan fingerprint density at radius 3 is 2.77 bits per heavy atom. The van der Waals surface area contributed by atoms with Gasteiger partial charge in [-0.3, -0.25) is 10.0 Å². The van der Waals surface area contributed by atoms with E-state index in [1.807, 2.05) is 0 Å². The van der Waals surface area contributed by atoms with Crippen molar-refractivity contribution in [1.82, 2.24) is 15.4 Å². The Hall–Kier alpha value is -1.05. The molecule has 1 aromatic heterocycles. The number of pyridine rings is 1. The fraction of sp³-hybridized carbons (Fsp3) is 0.529. The molecule has 2 aliphatic rings. The Morgan fingerprint density at radius 2 is 2.15 bits per heavy atom. The van der Waals surface area contributed by atoms with Crippen molar-refractivity contribution in [3.8, 4) is 0 Å². The number of hydrogen-bond acceptors (Lipinski definition) is 5. The van der Waals surface area contributed by atoms with Crippen molar-refractivity contribution in [3.05, 3.63) is 28.9 Å². The molecule has 9 heteroatoms. The van der Waals surface area contributed by atoms with Gasteiger partial charge in [0.1, 0.15) is 5.82 Å². The second-order valence-corrected chi connectivity index (χ2v) is 7.00. The largest absolute Gasteiger partial charge is 0.365 e. The molecule has 2 fully saturated rings. The highest BCUT2D eigenvalue weighted by atomic mass is 35.5. The zero-order chi connectivity index (χ0) is 16.9. The lowest BCUT2D eigenvalue weighted by molar-refractivity contribution is -0.124. The molecular weight excluding hydrogens is 399 g/mol. The van der Waals surface area contributed by atoms with Crippen molar-refractivity contribution in [3.63, 3.8) is 0 Å². The lowest BCUT2D eigenvalue weighted by Gasteiger charge is -2.30. The summed E-state index contributed by atoms with van der Waals surface area (Å²) in [7, 11) is 0. The lowest BCUT2D eigenvalue weighted by atomic mass is 9.85. The molecule has 26 heavy (non-hydrogen) atoms. The van der Waals surface area contributed by atoms with Crippen LogP contribution < -0.4 is 10.8 Å². The number of hydroxylamine groups is 1. The second-order valence-electron chi connectivity index (χ2n) is 6.59. The van der Waals surface area contributed by atoms with Crippen LogP contribution in [0.2, 0.25) is 5.02 Å². The minimum atomic E-state index is -0.592. The van der Waals surface area contributed by atoms with Gasteiger partial charge in [-0.2, -0.15) is 0 Å². The Labute approximate surface area is 171 Å². The van der Waals surface area contributed by atoms with Crippen LogP contribution in [0.25, 0.3) is 6.08 Å². The third-order valence-corrected chi connectivity index (χ3v) is 5.04. The summed E-state index contributed by atoms with van der Waals surface area (Å²) in [4.78, 5) is 17.9. The number of anilines is 1. The molecule has 0 spiro atoms. The quantitative estimate of drug-likeness (QED) is 0.371. The number of nitrogens with zero attached hydrogens (tertiary/aromatic N) is 2. The summed E-state index contributed by atoms with van der Waals surface area (Å²) in [6, 6.07) is 2.12. The third-order valence-electron chi connectivity index (χ3n) is 4.75. The molecule has 1 saturated carbocycles. The molecule has 1 atom stereocenters. The van der Waals surface area contributed by atoms with E-state index in [1.54, 1.807) is 18.3 Å². The van der Waals surface area contributed by atoms with Crippen molar-refractivity contribution in [2.75, 3.05) is 25.0 Å². The van der Waals surface area contributed by atoms with Crippen molar-refractivity contribution in [1.29, 1.82) is 0 Å². The van der Waals surface area contributed by atoms with E-state index < -0.39 is 5.91 Å². The summed E-state index contributed by atoms with van der Waals surface area (Å²) >= 11 is 6.29. The number of nitrogens with one attached hydrogen (secondary N) is 2. The van der Waals surface area contributed by atoms with Gasteiger partial charge in [0.25, 0.3) is 5.91 Å². The predicted molar refractivity (Wildman–Crippen MR) is 109 cm³/mol. The van der Waals surface area contributed by atoms with Gasteiger partial charge in [-0.25, -0.2) is 10.5 Å². The molecule has 0 radical (unpaired) electrons. The van der Waals surface area contributed by atoms with Gasteiger partial charge in [0, 0.05) is 37.9 Å². The van der Waals surface area contributed by atoms with Gasteiger partial charge in [0.15, 0.2) is 0 Å². The van der Waals surface area contributed by atoms with Gasteiger partial charge < -0.3 is 10.2 Å². The van der Waals surface area contributed by atoms with Gasteiger partial charge in [0.05, 0.1) is 5.02 Å². The topological polar surface area (TPSA) is 77.5 Å². The maximum atomic E-state index is 11.0. The highest BCUT2D eigenvalue weighted by Gasteiger charge is 2.27. The van der Waals surface area contributed by atoms with Crippen LogP contribution in [0.4, 0.5) is 5.82 Å². The van der Waals surface area contributed by atoms with E-state index in [9.17, 15) is 4.79 Å². The summed E-state index contributed by atoms with van der Waals surface area (Å²) in [6.45, 7) is 3.38. The number of amides is 1. The van der Waals surface area contributed by atoms with Crippen molar-refractivity contribution < 1.29 is 10.0 Å². The van der Waals surface area contributed by atoms with E-state index in [1.165, 1.54) is 37.4 Å². The van der Waals surface area contributed by atoms with Crippen molar-refractivity contribution in [2.45, 2.75) is 31.7 Å². The van der Waals surface area contributed by atoms with E-state index in [0.29, 0.717) is 22.4 Å². The van der Waals surface area contributed by atoms with Crippen molar-refractivity contribution >= 4 is 54.2 Å². The van der Waals surface area contributed by atoms with Crippen LogP contribution in [0.15, 0.2) is 18.3 Å². The van der Waals surface area contributed by atoms with Crippen LogP contribution in [-0.2, 0) is 4.79 Å². The Balaban J connectivity index is 0.00000169. The average Bonchev–Trinajstić information content (AvgIpc) is 2.98. The fourth-order valence-corrected chi connectivity index (χ4v) is 3.44. The van der Waals surface area contributed by atoms with Gasteiger partial charge in [-0.1, -0.05) is 18.0 Å².